The molecule has 0 saturated heterocycles. The summed E-state index contributed by atoms with van der Waals surface area (Å²) in [6.45, 7) is -0.00435. The van der Waals surface area contributed by atoms with Crippen molar-refractivity contribution >= 4 is 40.5 Å². The molecule has 3 rings (SSSR count). The first-order valence-electron chi connectivity index (χ1n) is 8.31. The highest BCUT2D eigenvalue weighted by molar-refractivity contribution is 6.30. The molecule has 0 aliphatic carbocycles. The number of hydrogen-bond acceptors (Lipinski definition) is 4. The monoisotopic (exact) mass is 380 g/mol. The molecule has 5 nitrogen and oxygen atoms in total. The maximum atomic E-state index is 11.8. The molecular formula is C21H17ClN2O3. The smallest absolute Gasteiger partial charge is 0.331 e. The quantitative estimate of drug-likeness (QED) is 0.522. The molecule has 0 radical (unpaired) electrons. The molecule has 1 aromatic heterocycles. The van der Waals surface area contributed by atoms with Crippen LogP contribution in [0.2, 0.25) is 5.02 Å². The summed E-state index contributed by atoms with van der Waals surface area (Å²) in [5, 5.41) is 4.29. The average Bonchev–Trinajstić information content (AvgIpc) is 2.70. The number of carbonyl (C=O) groups is 2. The van der Waals surface area contributed by atoms with Crippen LogP contribution in [0.25, 0.3) is 17.0 Å². The summed E-state index contributed by atoms with van der Waals surface area (Å²) in [4.78, 5) is 27.9. The van der Waals surface area contributed by atoms with Crippen molar-refractivity contribution < 1.29 is 14.3 Å². The second kappa shape index (κ2) is 8.96. The topological polar surface area (TPSA) is 68.3 Å². The number of hydrogen-bond donors (Lipinski definition) is 1. The number of halogens is 1. The van der Waals surface area contributed by atoms with Gasteiger partial charge in [0.15, 0.2) is 6.61 Å². The molecule has 0 unspecified atom stereocenters. The van der Waals surface area contributed by atoms with Crippen molar-refractivity contribution in [3.63, 3.8) is 0 Å². The lowest BCUT2D eigenvalue weighted by molar-refractivity contribution is -0.143. The van der Waals surface area contributed by atoms with Crippen molar-refractivity contribution in [3.05, 3.63) is 83.0 Å². The number of nitrogens with one attached hydrogen (secondary N) is 1. The van der Waals surface area contributed by atoms with Gasteiger partial charge in [-0.2, -0.15) is 0 Å². The van der Waals surface area contributed by atoms with Gasteiger partial charge < -0.3 is 10.1 Å². The van der Waals surface area contributed by atoms with E-state index in [0.717, 1.165) is 22.0 Å². The molecule has 3 aromatic rings. The highest BCUT2D eigenvalue weighted by Gasteiger charge is 2.06. The van der Waals surface area contributed by atoms with Crippen molar-refractivity contribution in [2.24, 2.45) is 0 Å². The van der Waals surface area contributed by atoms with Gasteiger partial charge in [0, 0.05) is 34.8 Å². The number of rotatable bonds is 6. The van der Waals surface area contributed by atoms with Crippen LogP contribution in [-0.4, -0.2) is 23.5 Å². The maximum absolute atomic E-state index is 11.8. The van der Waals surface area contributed by atoms with E-state index in [2.05, 4.69) is 10.3 Å². The zero-order valence-corrected chi connectivity index (χ0v) is 15.1. The molecule has 0 spiro atoms. The zero-order chi connectivity index (χ0) is 19.1. The first-order chi connectivity index (χ1) is 13.1. The van der Waals surface area contributed by atoms with Crippen molar-refractivity contribution in [1.82, 2.24) is 10.3 Å². The van der Waals surface area contributed by atoms with Crippen molar-refractivity contribution in [2.45, 2.75) is 6.54 Å². The first kappa shape index (κ1) is 18.6. The molecule has 1 N–H and O–H groups in total. The van der Waals surface area contributed by atoms with Crippen molar-refractivity contribution in [2.75, 3.05) is 6.61 Å². The van der Waals surface area contributed by atoms with Gasteiger partial charge >= 0.3 is 5.97 Å². The van der Waals surface area contributed by atoms with Crippen LogP contribution in [0.1, 0.15) is 11.1 Å². The number of benzene rings is 2. The summed E-state index contributed by atoms with van der Waals surface area (Å²) in [6, 6.07) is 16.6. The number of para-hydroxylation sites is 1. The Kier molecular flexibility index (Phi) is 6.18. The Morgan fingerprint density at radius 1 is 1.07 bits per heavy atom. The number of carbonyl (C=O) groups excluding carboxylic acids is 2. The summed E-state index contributed by atoms with van der Waals surface area (Å²) in [5.74, 6) is -0.969. The lowest BCUT2D eigenvalue weighted by Crippen LogP contribution is -2.28. The van der Waals surface area contributed by atoms with E-state index < -0.39 is 5.97 Å². The third-order valence-corrected chi connectivity index (χ3v) is 4.06. The Balaban J connectivity index is 1.49. The van der Waals surface area contributed by atoms with E-state index in [1.165, 1.54) is 6.08 Å². The molecule has 6 heteroatoms. The van der Waals surface area contributed by atoms with Gasteiger partial charge in [-0.1, -0.05) is 48.0 Å². The fraction of sp³-hybridized carbons (Fsp3) is 0.0952. The van der Waals surface area contributed by atoms with Gasteiger partial charge in [-0.15, -0.1) is 0 Å². The summed E-state index contributed by atoms with van der Waals surface area (Å²) < 4.78 is 4.97. The minimum absolute atomic E-state index is 0.338. The average molecular weight is 381 g/mol. The van der Waals surface area contributed by atoms with Gasteiger partial charge in [0.05, 0.1) is 5.52 Å². The molecule has 27 heavy (non-hydrogen) atoms. The third-order valence-electron chi connectivity index (χ3n) is 3.81. The Bertz CT molecular complexity index is 979. The Morgan fingerprint density at radius 2 is 1.85 bits per heavy atom. The fourth-order valence-corrected chi connectivity index (χ4v) is 2.58. The summed E-state index contributed by atoms with van der Waals surface area (Å²) in [7, 11) is 0. The van der Waals surface area contributed by atoms with Gasteiger partial charge in [-0.25, -0.2) is 4.79 Å². The van der Waals surface area contributed by atoms with Crippen molar-refractivity contribution in [1.29, 1.82) is 0 Å². The van der Waals surface area contributed by atoms with Crippen LogP contribution < -0.4 is 5.32 Å². The largest absolute Gasteiger partial charge is 0.452 e. The standard InChI is InChI=1S/C21H17ClN2O3/c22-18-9-6-15(7-10-18)13-24-19(25)14-27-20(26)11-8-17-4-1-3-16-5-2-12-23-21(16)17/h1-12H,13-14H2,(H,24,25)/b11-8+. The van der Waals surface area contributed by atoms with Crippen molar-refractivity contribution in [3.8, 4) is 0 Å². The number of ether oxygens (including phenoxy) is 1. The Labute approximate surface area is 161 Å². The van der Waals surface area contributed by atoms with Crippen LogP contribution >= 0.6 is 11.6 Å². The molecule has 1 amide bonds. The normalized spacial score (nSPS) is 10.9. The second-order valence-corrected chi connectivity index (χ2v) is 6.20. The number of pyridine rings is 1. The lowest BCUT2D eigenvalue weighted by atomic mass is 10.1. The van der Waals surface area contributed by atoms with Gasteiger partial charge in [0.2, 0.25) is 0 Å². The fourth-order valence-electron chi connectivity index (χ4n) is 2.46. The molecule has 0 atom stereocenters. The van der Waals surface area contributed by atoms with Crippen LogP contribution in [0.5, 0.6) is 0 Å². The highest BCUT2D eigenvalue weighted by Crippen LogP contribution is 2.17. The number of esters is 1. The molecule has 0 bridgehead atoms. The van der Waals surface area contributed by atoms with E-state index >= 15 is 0 Å². The predicted molar refractivity (Wildman–Crippen MR) is 105 cm³/mol. The molecule has 0 aliphatic rings. The second-order valence-electron chi connectivity index (χ2n) is 5.77. The zero-order valence-electron chi connectivity index (χ0n) is 14.4. The Morgan fingerprint density at radius 3 is 2.67 bits per heavy atom. The molecule has 0 fully saturated rings. The SMILES string of the molecule is O=C(COC(=O)/C=C/c1cccc2cccnc12)NCc1ccc(Cl)cc1. The first-order valence-corrected chi connectivity index (χ1v) is 8.69. The van der Waals surface area contributed by atoms with E-state index in [0.29, 0.717) is 11.6 Å². The minimum atomic E-state index is -0.593. The number of fused-ring (bicyclic) bond motifs is 1. The summed E-state index contributed by atoms with van der Waals surface area (Å²) >= 11 is 5.81. The molecule has 0 saturated carbocycles. The minimum Gasteiger partial charge on any atom is -0.452 e. The predicted octanol–water partition coefficient (Wildman–Crippen LogP) is 3.76. The van der Waals surface area contributed by atoms with E-state index in [1.54, 1.807) is 24.4 Å². The van der Waals surface area contributed by atoms with E-state index in [9.17, 15) is 9.59 Å². The number of amides is 1. The molecule has 1 heterocycles. The van der Waals surface area contributed by atoms with Crippen LogP contribution in [0.3, 0.4) is 0 Å². The van der Waals surface area contributed by atoms with Crippen LogP contribution in [0.4, 0.5) is 0 Å². The Hall–Kier alpha value is -3.18. The maximum Gasteiger partial charge on any atom is 0.331 e. The van der Waals surface area contributed by atoms with Gasteiger partial charge in [-0.05, 0) is 29.8 Å². The lowest BCUT2D eigenvalue weighted by Gasteiger charge is -2.06. The van der Waals surface area contributed by atoms with Gasteiger partial charge in [-0.3, -0.25) is 9.78 Å². The van der Waals surface area contributed by atoms with E-state index in [1.807, 2.05) is 42.5 Å². The number of aromatic nitrogens is 1. The third kappa shape index (κ3) is 5.39. The van der Waals surface area contributed by atoms with E-state index in [-0.39, 0.29) is 12.5 Å². The molecule has 2 aromatic carbocycles. The van der Waals surface area contributed by atoms with Gasteiger partial charge in [0.25, 0.3) is 5.91 Å². The summed E-state index contributed by atoms with van der Waals surface area (Å²) in [5.41, 5.74) is 2.50. The highest BCUT2D eigenvalue weighted by atomic mass is 35.5. The molecule has 136 valence electrons. The van der Waals surface area contributed by atoms with Crippen LogP contribution in [-0.2, 0) is 20.9 Å². The summed E-state index contributed by atoms with van der Waals surface area (Å²) in [6.07, 6.45) is 4.61. The van der Waals surface area contributed by atoms with Gasteiger partial charge in [0.1, 0.15) is 0 Å². The molecular weight excluding hydrogens is 364 g/mol. The van der Waals surface area contributed by atoms with E-state index in [4.69, 9.17) is 16.3 Å². The molecule has 0 aliphatic heterocycles. The van der Waals surface area contributed by atoms with Crippen LogP contribution in [0.15, 0.2) is 66.9 Å². The van der Waals surface area contributed by atoms with Crippen LogP contribution in [0, 0.1) is 0 Å². The number of nitrogens with zero attached hydrogens (tertiary/aromatic N) is 1.